The van der Waals surface area contributed by atoms with Gasteiger partial charge in [0, 0.05) is 32.2 Å². The lowest BCUT2D eigenvalue weighted by molar-refractivity contribution is -0.389. The van der Waals surface area contributed by atoms with Gasteiger partial charge in [0.15, 0.2) is 12.8 Å². The van der Waals surface area contributed by atoms with Crippen LogP contribution in [0.5, 0.6) is 5.75 Å². The minimum absolute atomic E-state index is 0.0170. The molecule has 8 heteroatoms. The van der Waals surface area contributed by atoms with E-state index in [9.17, 15) is 14.9 Å². The van der Waals surface area contributed by atoms with Crippen LogP contribution in [0.4, 0.5) is 11.5 Å². The second kappa shape index (κ2) is 7.61. The number of hydrogen-bond acceptors (Lipinski definition) is 6. The molecule has 8 nitrogen and oxygen atoms in total. The van der Waals surface area contributed by atoms with Crippen molar-refractivity contribution in [3.05, 3.63) is 58.8 Å². The van der Waals surface area contributed by atoms with Crippen LogP contribution in [0.15, 0.2) is 48.7 Å². The van der Waals surface area contributed by atoms with E-state index in [-0.39, 0.29) is 18.3 Å². The van der Waals surface area contributed by atoms with Crippen LogP contribution in [-0.4, -0.2) is 53.5 Å². The molecule has 130 valence electrons. The number of aromatic nitrogens is 1. The Bertz CT molecular complexity index is 728. The number of anilines is 1. The zero-order valence-electron chi connectivity index (χ0n) is 13.6. The molecule has 0 bridgehead atoms. The van der Waals surface area contributed by atoms with Crippen molar-refractivity contribution in [2.75, 3.05) is 37.7 Å². The molecule has 1 aliphatic heterocycles. The van der Waals surface area contributed by atoms with Gasteiger partial charge in [0.25, 0.3) is 5.91 Å². The number of rotatable bonds is 5. The number of hydrogen-bond donors (Lipinski definition) is 0. The smallest absolute Gasteiger partial charge is 0.363 e. The van der Waals surface area contributed by atoms with Crippen molar-refractivity contribution < 1.29 is 14.5 Å². The van der Waals surface area contributed by atoms with Crippen molar-refractivity contribution >= 4 is 17.4 Å². The lowest BCUT2D eigenvalue weighted by atomic mass is 10.2. The third-order valence-electron chi connectivity index (χ3n) is 4.02. The Kier molecular flexibility index (Phi) is 5.08. The molecule has 0 N–H and O–H groups in total. The Morgan fingerprint density at radius 2 is 1.84 bits per heavy atom. The summed E-state index contributed by atoms with van der Waals surface area (Å²) in [4.78, 5) is 30.0. The molecular formula is C17H18N4O4. The van der Waals surface area contributed by atoms with Crippen LogP contribution in [0.2, 0.25) is 0 Å². The number of carbonyl (C=O) groups excluding carboxylic acids is 1. The maximum atomic E-state index is 12.2. The fourth-order valence-electron chi connectivity index (χ4n) is 2.64. The molecule has 0 atom stereocenters. The van der Waals surface area contributed by atoms with Crippen LogP contribution in [0.1, 0.15) is 0 Å². The summed E-state index contributed by atoms with van der Waals surface area (Å²) in [5, 5.41) is 10.6. The number of piperazine rings is 1. The van der Waals surface area contributed by atoms with Gasteiger partial charge in [-0.2, -0.15) is 0 Å². The minimum atomic E-state index is -0.521. The molecule has 0 spiro atoms. The highest BCUT2D eigenvalue weighted by molar-refractivity contribution is 5.78. The van der Waals surface area contributed by atoms with Gasteiger partial charge in [0.1, 0.15) is 5.75 Å². The van der Waals surface area contributed by atoms with Crippen molar-refractivity contribution in [2.45, 2.75) is 0 Å². The molecule has 0 aliphatic carbocycles. The number of nitrogens with zero attached hydrogens (tertiary/aromatic N) is 4. The molecule has 1 amide bonds. The molecule has 0 unspecified atom stereocenters. The second-order valence-corrected chi connectivity index (χ2v) is 5.60. The zero-order valence-corrected chi connectivity index (χ0v) is 13.6. The van der Waals surface area contributed by atoms with Crippen molar-refractivity contribution in [1.82, 2.24) is 9.88 Å². The molecule has 25 heavy (non-hydrogen) atoms. The highest BCUT2D eigenvalue weighted by Gasteiger charge is 2.22. The topological polar surface area (TPSA) is 88.8 Å². The van der Waals surface area contributed by atoms with Gasteiger partial charge >= 0.3 is 5.82 Å². The number of amides is 1. The fourth-order valence-corrected chi connectivity index (χ4v) is 2.64. The highest BCUT2D eigenvalue weighted by atomic mass is 16.6. The van der Waals surface area contributed by atoms with Crippen LogP contribution in [0, 0.1) is 10.1 Å². The van der Waals surface area contributed by atoms with Gasteiger partial charge in [-0.15, -0.1) is 0 Å². The molecule has 1 saturated heterocycles. The van der Waals surface area contributed by atoms with Crippen LogP contribution < -0.4 is 9.64 Å². The summed E-state index contributed by atoms with van der Waals surface area (Å²) in [5.74, 6) is 0.451. The van der Waals surface area contributed by atoms with E-state index in [0.29, 0.717) is 31.9 Å². The van der Waals surface area contributed by atoms with Crippen molar-refractivity contribution in [2.24, 2.45) is 0 Å². The summed E-state index contributed by atoms with van der Waals surface area (Å²) in [6, 6.07) is 12.3. The van der Waals surface area contributed by atoms with E-state index >= 15 is 0 Å². The van der Waals surface area contributed by atoms with Crippen molar-refractivity contribution in [3.63, 3.8) is 0 Å². The van der Waals surface area contributed by atoms with E-state index in [0.717, 1.165) is 5.69 Å². The molecule has 0 saturated carbocycles. The maximum Gasteiger partial charge on any atom is 0.363 e. The Hall–Kier alpha value is -3.16. The largest absolute Gasteiger partial charge is 0.484 e. The van der Waals surface area contributed by atoms with Crippen LogP contribution >= 0.6 is 0 Å². The normalized spacial score (nSPS) is 14.2. The predicted octanol–water partition coefficient (Wildman–Crippen LogP) is 1.72. The van der Waals surface area contributed by atoms with Crippen LogP contribution in [-0.2, 0) is 4.79 Å². The Morgan fingerprint density at radius 3 is 2.44 bits per heavy atom. The quantitative estimate of drug-likeness (QED) is 0.607. The van der Waals surface area contributed by atoms with E-state index in [1.807, 2.05) is 30.3 Å². The minimum Gasteiger partial charge on any atom is -0.484 e. The highest BCUT2D eigenvalue weighted by Crippen LogP contribution is 2.18. The first-order valence-electron chi connectivity index (χ1n) is 7.94. The van der Waals surface area contributed by atoms with E-state index in [2.05, 4.69) is 9.88 Å². The van der Waals surface area contributed by atoms with Gasteiger partial charge in [0.05, 0.1) is 5.69 Å². The maximum absolute atomic E-state index is 12.2. The molecular weight excluding hydrogens is 324 g/mol. The fraction of sp³-hybridized carbons (Fsp3) is 0.294. The number of para-hydroxylation sites is 1. The molecule has 2 aromatic rings. The summed E-state index contributed by atoms with van der Waals surface area (Å²) < 4.78 is 5.49. The zero-order chi connectivity index (χ0) is 17.6. The Balaban J connectivity index is 1.49. The average Bonchev–Trinajstić information content (AvgIpc) is 2.67. The molecule has 1 aliphatic rings. The first kappa shape index (κ1) is 16.7. The third kappa shape index (κ3) is 4.23. The lowest BCUT2D eigenvalue weighted by Crippen LogP contribution is -2.50. The van der Waals surface area contributed by atoms with E-state index < -0.39 is 4.92 Å². The molecule has 3 rings (SSSR count). The second-order valence-electron chi connectivity index (χ2n) is 5.60. The summed E-state index contributed by atoms with van der Waals surface area (Å²) in [5.41, 5.74) is 0.818. The number of nitro groups is 1. The number of ether oxygens (including phenoxy) is 1. The van der Waals surface area contributed by atoms with Crippen molar-refractivity contribution in [1.29, 1.82) is 0 Å². The molecule has 1 aromatic heterocycles. The van der Waals surface area contributed by atoms with Gasteiger partial charge in [-0.25, -0.2) is 0 Å². The third-order valence-corrected chi connectivity index (χ3v) is 4.02. The SMILES string of the molecule is O=C(COc1ccccc1)N1CCN(c2ccc([N+](=O)[O-])nc2)CC1. The average molecular weight is 342 g/mol. The molecule has 1 aromatic carbocycles. The van der Waals surface area contributed by atoms with Gasteiger partial charge in [-0.1, -0.05) is 18.2 Å². The first-order valence-corrected chi connectivity index (χ1v) is 7.94. The number of carbonyl (C=O) groups is 1. The monoisotopic (exact) mass is 342 g/mol. The summed E-state index contributed by atoms with van der Waals surface area (Å²) >= 11 is 0. The summed E-state index contributed by atoms with van der Waals surface area (Å²) in [6.45, 7) is 2.47. The lowest BCUT2D eigenvalue weighted by Gasteiger charge is -2.35. The molecule has 2 heterocycles. The van der Waals surface area contributed by atoms with Gasteiger partial charge in [-0.05, 0) is 28.1 Å². The van der Waals surface area contributed by atoms with Gasteiger partial charge in [0.2, 0.25) is 0 Å². The van der Waals surface area contributed by atoms with Crippen molar-refractivity contribution in [3.8, 4) is 5.75 Å². The summed E-state index contributed by atoms with van der Waals surface area (Å²) in [6.07, 6.45) is 1.49. The number of pyridine rings is 1. The Labute approximate surface area is 144 Å². The van der Waals surface area contributed by atoms with E-state index in [4.69, 9.17) is 4.74 Å². The van der Waals surface area contributed by atoms with E-state index in [1.54, 1.807) is 11.0 Å². The number of benzene rings is 1. The van der Waals surface area contributed by atoms with Crippen LogP contribution in [0.25, 0.3) is 0 Å². The van der Waals surface area contributed by atoms with Gasteiger partial charge in [-0.3, -0.25) is 4.79 Å². The Morgan fingerprint density at radius 1 is 1.12 bits per heavy atom. The standard InChI is InChI=1S/C17H18N4O4/c22-17(13-25-15-4-2-1-3-5-15)20-10-8-19(9-11-20)14-6-7-16(18-12-14)21(23)24/h1-7,12H,8-11,13H2. The van der Waals surface area contributed by atoms with Crippen LogP contribution in [0.3, 0.4) is 0 Å². The summed E-state index contributed by atoms with van der Waals surface area (Å²) in [7, 11) is 0. The van der Waals surface area contributed by atoms with Gasteiger partial charge < -0.3 is 24.7 Å². The van der Waals surface area contributed by atoms with E-state index in [1.165, 1.54) is 12.3 Å². The predicted molar refractivity (Wildman–Crippen MR) is 91.6 cm³/mol. The first-order chi connectivity index (χ1) is 12.1. The molecule has 0 radical (unpaired) electrons. The molecule has 1 fully saturated rings.